The maximum atomic E-state index is 11.3. The predicted molar refractivity (Wildman–Crippen MR) is 187 cm³/mol. The number of nitrogens with zero attached hydrogens (tertiary/aromatic N) is 2. The van der Waals surface area contributed by atoms with Crippen LogP contribution in [-0.2, 0) is 9.59 Å². The van der Waals surface area contributed by atoms with Crippen LogP contribution in [0.2, 0.25) is 0 Å². The number of rotatable bonds is 14. The van der Waals surface area contributed by atoms with Gasteiger partial charge >= 0.3 is 0 Å². The Labute approximate surface area is 274 Å². The van der Waals surface area contributed by atoms with Gasteiger partial charge in [-0.25, -0.2) is 0 Å². The molecule has 2 aromatic rings. The van der Waals surface area contributed by atoms with Crippen molar-refractivity contribution in [2.45, 2.75) is 45.4 Å². The van der Waals surface area contributed by atoms with E-state index in [2.05, 4.69) is 45.2 Å². The van der Waals surface area contributed by atoms with Gasteiger partial charge in [0.1, 0.15) is 11.5 Å². The SMILES string of the molecule is CC/C=C/C(=O)N(C)C.CN(C)C(=O)/C=C/CCCCCOc1ccc(I)cc1.NCCCOc1ccc(I)cc1. The van der Waals surface area contributed by atoms with Crippen molar-refractivity contribution >= 4 is 57.0 Å². The molecule has 2 N–H and O–H groups in total. The van der Waals surface area contributed by atoms with E-state index in [1.54, 1.807) is 50.1 Å². The van der Waals surface area contributed by atoms with E-state index >= 15 is 0 Å². The monoisotopic (exact) mass is 791 g/mol. The molecule has 0 bridgehead atoms. The van der Waals surface area contributed by atoms with Crippen molar-refractivity contribution in [2.75, 3.05) is 47.9 Å². The average molecular weight is 792 g/mol. The molecule has 228 valence electrons. The molecule has 9 heteroatoms. The van der Waals surface area contributed by atoms with Gasteiger partial charge in [0.25, 0.3) is 0 Å². The van der Waals surface area contributed by atoms with E-state index in [0.717, 1.165) is 56.6 Å². The maximum Gasteiger partial charge on any atom is 0.245 e. The van der Waals surface area contributed by atoms with Crippen LogP contribution in [-0.4, -0.2) is 69.6 Å². The number of unbranched alkanes of at least 4 members (excludes halogenated alkanes) is 3. The highest BCUT2D eigenvalue weighted by molar-refractivity contribution is 14.1. The second kappa shape index (κ2) is 25.6. The normalized spacial score (nSPS) is 10.3. The van der Waals surface area contributed by atoms with Gasteiger partial charge in [0.05, 0.1) is 13.2 Å². The molecule has 0 aromatic heterocycles. The number of likely N-dealkylation sites (N-methyl/N-ethyl adjacent to an activating group) is 2. The van der Waals surface area contributed by atoms with E-state index in [0.29, 0.717) is 13.2 Å². The second-order valence-electron chi connectivity index (χ2n) is 9.27. The van der Waals surface area contributed by atoms with Crippen molar-refractivity contribution in [3.05, 3.63) is 80.0 Å². The van der Waals surface area contributed by atoms with E-state index < -0.39 is 0 Å². The highest BCUT2D eigenvalue weighted by Crippen LogP contribution is 2.14. The lowest BCUT2D eigenvalue weighted by atomic mass is 10.2. The summed E-state index contributed by atoms with van der Waals surface area (Å²) in [4.78, 5) is 25.1. The van der Waals surface area contributed by atoms with Crippen LogP contribution in [0.1, 0.15) is 45.4 Å². The minimum Gasteiger partial charge on any atom is -0.494 e. The lowest BCUT2D eigenvalue weighted by Gasteiger charge is -2.06. The van der Waals surface area contributed by atoms with Gasteiger partial charge in [0.15, 0.2) is 0 Å². The molecule has 0 fully saturated rings. The van der Waals surface area contributed by atoms with Gasteiger partial charge in [0, 0.05) is 35.3 Å². The first-order valence-corrected chi connectivity index (χ1v) is 16.0. The standard InChI is InChI=1S/C16H22INO2.C9H12INO.C7H13NO/c1-18(2)16(19)8-6-4-3-5-7-13-20-15-11-9-14(17)10-12-15;10-8-2-4-9(5-3-8)12-7-1-6-11;1-4-5-6-7(9)8(2)3/h6,8-12H,3-5,7,13H2,1-2H3;2-5H,1,6-7,11H2;5-6H,4H2,1-3H3/b8-6+;;6-5+. The van der Waals surface area contributed by atoms with Crippen LogP contribution in [0.4, 0.5) is 0 Å². The number of ether oxygens (including phenoxy) is 2. The molecule has 0 aliphatic carbocycles. The first-order chi connectivity index (χ1) is 19.6. The fraction of sp³-hybridized carbons (Fsp3) is 0.438. The minimum absolute atomic E-state index is 0.0482. The van der Waals surface area contributed by atoms with Crippen molar-refractivity contribution in [1.29, 1.82) is 0 Å². The Morgan fingerprint density at radius 3 is 1.56 bits per heavy atom. The fourth-order valence-corrected chi connectivity index (χ4v) is 3.49. The number of carbonyl (C=O) groups excluding carboxylic acids is 2. The number of amides is 2. The Balaban J connectivity index is 0.000000646. The van der Waals surface area contributed by atoms with Crippen LogP contribution in [0.3, 0.4) is 0 Å². The number of hydrogen-bond acceptors (Lipinski definition) is 5. The molecule has 0 saturated carbocycles. The average Bonchev–Trinajstić information content (AvgIpc) is 2.95. The van der Waals surface area contributed by atoms with Crippen molar-refractivity contribution in [3.8, 4) is 11.5 Å². The number of carbonyl (C=O) groups is 2. The Hall–Kier alpha value is -2.12. The Bertz CT molecular complexity index is 1010. The first-order valence-electron chi connectivity index (χ1n) is 13.8. The summed E-state index contributed by atoms with van der Waals surface area (Å²) in [6.45, 7) is 4.14. The summed E-state index contributed by atoms with van der Waals surface area (Å²) >= 11 is 4.55. The van der Waals surface area contributed by atoms with E-state index in [9.17, 15) is 9.59 Å². The summed E-state index contributed by atoms with van der Waals surface area (Å²) in [6, 6.07) is 16.1. The number of halogens is 2. The minimum atomic E-state index is 0.0482. The number of allylic oxidation sites excluding steroid dienone is 2. The topological polar surface area (TPSA) is 85.1 Å². The molecule has 0 spiro atoms. The van der Waals surface area contributed by atoms with Crippen molar-refractivity contribution in [3.63, 3.8) is 0 Å². The van der Waals surface area contributed by atoms with Crippen LogP contribution in [0, 0.1) is 7.14 Å². The van der Waals surface area contributed by atoms with Crippen LogP contribution in [0.5, 0.6) is 11.5 Å². The molecule has 0 atom stereocenters. The summed E-state index contributed by atoms with van der Waals surface area (Å²) < 4.78 is 13.5. The molecule has 0 aliphatic heterocycles. The van der Waals surface area contributed by atoms with Crippen LogP contribution in [0.25, 0.3) is 0 Å². The van der Waals surface area contributed by atoms with Gasteiger partial charge in [-0.1, -0.05) is 19.1 Å². The molecule has 0 saturated heterocycles. The molecule has 2 rings (SSSR count). The van der Waals surface area contributed by atoms with E-state index in [1.807, 2.05) is 67.6 Å². The zero-order valence-corrected chi connectivity index (χ0v) is 29.5. The summed E-state index contributed by atoms with van der Waals surface area (Å²) in [5.74, 6) is 1.95. The highest BCUT2D eigenvalue weighted by Gasteiger charge is 1.97. The quantitative estimate of drug-likeness (QED) is 0.128. The molecular weight excluding hydrogens is 744 g/mol. The van der Waals surface area contributed by atoms with Crippen LogP contribution < -0.4 is 15.2 Å². The predicted octanol–water partition coefficient (Wildman–Crippen LogP) is 6.93. The van der Waals surface area contributed by atoms with E-state index in [4.69, 9.17) is 15.2 Å². The summed E-state index contributed by atoms with van der Waals surface area (Å²) in [5, 5.41) is 0. The fourth-order valence-electron chi connectivity index (χ4n) is 2.77. The molecule has 2 amide bonds. The van der Waals surface area contributed by atoms with Gasteiger partial charge < -0.3 is 25.0 Å². The summed E-state index contributed by atoms with van der Waals surface area (Å²) in [7, 11) is 6.99. The van der Waals surface area contributed by atoms with Gasteiger partial charge in [-0.15, -0.1) is 0 Å². The Kier molecular flexibility index (Phi) is 24.3. The number of nitrogens with two attached hydrogens (primary N) is 1. The van der Waals surface area contributed by atoms with Crippen molar-refractivity contribution in [1.82, 2.24) is 9.80 Å². The molecule has 0 aliphatic rings. The smallest absolute Gasteiger partial charge is 0.245 e. The van der Waals surface area contributed by atoms with Crippen molar-refractivity contribution < 1.29 is 19.1 Å². The van der Waals surface area contributed by atoms with Gasteiger partial charge in [-0.2, -0.15) is 0 Å². The molecule has 41 heavy (non-hydrogen) atoms. The van der Waals surface area contributed by atoms with Gasteiger partial charge in [-0.3, -0.25) is 9.59 Å². The third-order valence-corrected chi connectivity index (χ3v) is 6.60. The third kappa shape index (κ3) is 23.2. The van der Waals surface area contributed by atoms with Gasteiger partial charge in [0.2, 0.25) is 11.8 Å². The lowest BCUT2D eigenvalue weighted by molar-refractivity contribution is -0.124. The van der Waals surface area contributed by atoms with Crippen molar-refractivity contribution in [2.24, 2.45) is 5.73 Å². The maximum absolute atomic E-state index is 11.3. The van der Waals surface area contributed by atoms with Crippen LogP contribution >= 0.6 is 45.2 Å². The first kappa shape index (κ1) is 38.9. The molecule has 0 radical (unpaired) electrons. The Morgan fingerprint density at radius 2 is 1.15 bits per heavy atom. The van der Waals surface area contributed by atoms with E-state index in [1.165, 1.54) is 7.14 Å². The number of hydrogen-bond donors (Lipinski definition) is 1. The summed E-state index contributed by atoms with van der Waals surface area (Å²) in [5.41, 5.74) is 5.34. The van der Waals surface area contributed by atoms with E-state index in [-0.39, 0.29) is 11.8 Å². The molecule has 2 aromatic carbocycles. The molecular formula is C32H47I2N3O4. The largest absolute Gasteiger partial charge is 0.494 e. The molecule has 7 nitrogen and oxygen atoms in total. The molecule has 0 heterocycles. The summed E-state index contributed by atoms with van der Waals surface area (Å²) in [6.07, 6.45) is 13.0. The second-order valence-corrected chi connectivity index (χ2v) is 11.8. The Morgan fingerprint density at radius 1 is 0.707 bits per heavy atom. The lowest BCUT2D eigenvalue weighted by Crippen LogP contribution is -2.18. The molecule has 0 unspecified atom stereocenters. The third-order valence-electron chi connectivity index (χ3n) is 5.17. The zero-order chi connectivity index (χ0) is 30.9. The number of benzene rings is 2. The zero-order valence-electron chi connectivity index (χ0n) is 25.2. The highest BCUT2D eigenvalue weighted by atomic mass is 127. The van der Waals surface area contributed by atoms with Crippen LogP contribution in [0.15, 0.2) is 72.8 Å². The van der Waals surface area contributed by atoms with Gasteiger partial charge in [-0.05, 0) is 151 Å².